The molecule has 0 spiro atoms. The zero-order valence-electron chi connectivity index (χ0n) is 17.1. The number of fused-ring (bicyclic) bond motifs is 2. The molecule has 1 N–H and O–H groups in total. The number of nitrogens with one attached hydrogen (secondary N) is 1. The van der Waals surface area contributed by atoms with Crippen LogP contribution in [0.3, 0.4) is 0 Å². The molecule has 3 rings (SSSR count). The van der Waals surface area contributed by atoms with Crippen molar-refractivity contribution < 1.29 is 13.2 Å². The lowest BCUT2D eigenvalue weighted by atomic mass is 9.78. The Bertz CT molecular complexity index is 731. The molecule has 2 saturated carbocycles. The normalized spacial score (nSPS) is 26.9. The molecule has 2 aliphatic carbocycles. The van der Waals surface area contributed by atoms with Crippen molar-refractivity contribution in [1.29, 1.82) is 0 Å². The monoisotopic (exact) mass is 405 g/mol. The van der Waals surface area contributed by atoms with Crippen molar-refractivity contribution in [2.45, 2.75) is 81.6 Å². The molecule has 0 aromatic heterocycles. The maximum atomic E-state index is 12.7. The van der Waals surface area contributed by atoms with Gasteiger partial charge in [-0.25, -0.2) is 13.1 Å². The van der Waals surface area contributed by atoms with Crippen LogP contribution in [0.5, 0.6) is 0 Å². The first-order chi connectivity index (χ1) is 13.5. The number of hydrogen-bond acceptors (Lipinski definition) is 3. The van der Waals surface area contributed by atoms with Gasteiger partial charge >= 0.3 is 0 Å². The average molecular weight is 406 g/mol. The topological polar surface area (TPSA) is 55.4 Å². The van der Waals surface area contributed by atoms with Gasteiger partial charge < -0.3 is 4.74 Å². The quantitative estimate of drug-likeness (QED) is 0.373. The third-order valence-corrected chi connectivity index (χ3v) is 8.14. The molecular weight excluding hydrogens is 370 g/mol. The zero-order valence-corrected chi connectivity index (χ0v) is 17.9. The van der Waals surface area contributed by atoms with Gasteiger partial charge in [-0.2, -0.15) is 0 Å². The predicted molar refractivity (Wildman–Crippen MR) is 113 cm³/mol. The standard InChI is InChI=1S/C23H35NO3S/c1-27-17-11-6-4-2-3-5-10-15-23-16-14-20(18-23)22(19-23)24-28(25,26)21-12-8-7-9-13-21/h7-9,11-13,17,20,22,24H,2-6,10,14-16,18-19H2,1H3. The lowest BCUT2D eigenvalue weighted by Crippen LogP contribution is -2.39. The van der Waals surface area contributed by atoms with Gasteiger partial charge in [-0.3, -0.25) is 0 Å². The van der Waals surface area contributed by atoms with Gasteiger partial charge in [-0.05, 0) is 74.5 Å². The molecule has 0 radical (unpaired) electrons. The van der Waals surface area contributed by atoms with Crippen LogP contribution in [0.2, 0.25) is 0 Å². The summed E-state index contributed by atoms with van der Waals surface area (Å²) in [6, 6.07) is 8.89. The summed E-state index contributed by atoms with van der Waals surface area (Å²) in [7, 11) is -1.72. The highest BCUT2D eigenvalue weighted by molar-refractivity contribution is 7.89. The average Bonchev–Trinajstić information content (AvgIpc) is 3.25. The molecule has 2 fully saturated rings. The zero-order chi connectivity index (χ0) is 19.9. The van der Waals surface area contributed by atoms with Crippen LogP contribution >= 0.6 is 0 Å². The van der Waals surface area contributed by atoms with Crippen molar-refractivity contribution in [2.24, 2.45) is 11.3 Å². The third-order valence-electron chi connectivity index (χ3n) is 6.63. The lowest BCUT2D eigenvalue weighted by molar-refractivity contribution is 0.243. The first kappa shape index (κ1) is 21.4. The van der Waals surface area contributed by atoms with Crippen molar-refractivity contribution in [1.82, 2.24) is 4.72 Å². The summed E-state index contributed by atoms with van der Waals surface area (Å²) in [5.41, 5.74) is 0.385. The Balaban J connectivity index is 1.40. The van der Waals surface area contributed by atoms with Crippen molar-refractivity contribution in [3.8, 4) is 0 Å². The van der Waals surface area contributed by atoms with E-state index in [1.54, 1.807) is 37.6 Å². The van der Waals surface area contributed by atoms with E-state index < -0.39 is 10.0 Å². The second-order valence-corrected chi connectivity index (χ2v) is 10.4. The van der Waals surface area contributed by atoms with Crippen LogP contribution < -0.4 is 4.72 Å². The second-order valence-electron chi connectivity index (χ2n) is 8.66. The number of methoxy groups -OCH3 is 1. The second kappa shape index (κ2) is 9.93. The predicted octanol–water partition coefficient (Wildman–Crippen LogP) is 5.41. The third kappa shape index (κ3) is 5.60. The number of ether oxygens (including phenoxy) is 1. The molecule has 0 amide bonds. The summed E-state index contributed by atoms with van der Waals surface area (Å²) < 4.78 is 33.3. The van der Waals surface area contributed by atoms with Crippen LogP contribution in [0.1, 0.15) is 70.6 Å². The molecule has 2 aliphatic rings. The van der Waals surface area contributed by atoms with Crippen LogP contribution in [0.25, 0.3) is 0 Å². The Hall–Kier alpha value is -1.33. The first-order valence-corrected chi connectivity index (χ1v) is 12.3. The summed E-state index contributed by atoms with van der Waals surface area (Å²) in [5, 5.41) is 0. The summed E-state index contributed by atoms with van der Waals surface area (Å²) in [5.74, 6) is 0.519. The van der Waals surface area contributed by atoms with E-state index in [9.17, 15) is 8.42 Å². The van der Waals surface area contributed by atoms with Crippen molar-refractivity contribution in [3.05, 3.63) is 42.7 Å². The van der Waals surface area contributed by atoms with Crippen LogP contribution in [0.15, 0.2) is 47.6 Å². The molecule has 28 heavy (non-hydrogen) atoms. The van der Waals surface area contributed by atoms with E-state index in [-0.39, 0.29) is 6.04 Å². The Labute approximate surface area is 170 Å². The number of hydrogen-bond donors (Lipinski definition) is 1. The number of sulfonamides is 1. The highest BCUT2D eigenvalue weighted by atomic mass is 32.2. The van der Waals surface area contributed by atoms with Gasteiger partial charge in [-0.15, -0.1) is 0 Å². The number of allylic oxidation sites excluding steroid dienone is 1. The first-order valence-electron chi connectivity index (χ1n) is 10.8. The number of unbranched alkanes of at least 4 members (excludes halogenated alkanes) is 5. The molecule has 1 aromatic rings. The largest absolute Gasteiger partial charge is 0.505 e. The smallest absolute Gasteiger partial charge is 0.240 e. The van der Waals surface area contributed by atoms with Crippen molar-refractivity contribution in [2.75, 3.05) is 7.11 Å². The molecule has 5 heteroatoms. The number of benzene rings is 1. The van der Waals surface area contributed by atoms with E-state index in [0.29, 0.717) is 16.2 Å². The molecule has 0 heterocycles. The van der Waals surface area contributed by atoms with Crippen molar-refractivity contribution >= 4 is 10.0 Å². The van der Waals surface area contributed by atoms with Crippen molar-refractivity contribution in [3.63, 3.8) is 0 Å². The van der Waals surface area contributed by atoms with E-state index >= 15 is 0 Å². The van der Waals surface area contributed by atoms with E-state index in [0.717, 1.165) is 12.8 Å². The highest BCUT2D eigenvalue weighted by Gasteiger charge is 2.50. The molecule has 0 aliphatic heterocycles. The van der Waals surface area contributed by atoms with Crippen LogP contribution in [-0.4, -0.2) is 21.6 Å². The van der Waals surface area contributed by atoms with Gasteiger partial charge in [0, 0.05) is 6.04 Å². The summed E-state index contributed by atoms with van der Waals surface area (Å²) in [6.45, 7) is 0. The molecule has 3 unspecified atom stereocenters. The van der Waals surface area contributed by atoms with Crippen LogP contribution in [0, 0.1) is 11.3 Å². The summed E-state index contributed by atoms with van der Waals surface area (Å²) in [4.78, 5) is 0.382. The molecule has 0 saturated heterocycles. The fraction of sp³-hybridized carbons (Fsp3) is 0.652. The van der Waals surface area contributed by atoms with E-state index in [1.165, 1.54) is 57.8 Å². The Morgan fingerprint density at radius 3 is 2.64 bits per heavy atom. The minimum atomic E-state index is -3.40. The summed E-state index contributed by atoms with van der Waals surface area (Å²) >= 11 is 0. The Kier molecular flexibility index (Phi) is 7.58. The SMILES string of the molecule is COC=CCCCCCCCC12CCC(C1)C(NS(=O)(=O)c1ccccc1)C2. The molecule has 3 atom stereocenters. The maximum absolute atomic E-state index is 12.7. The van der Waals surface area contributed by atoms with E-state index in [1.807, 2.05) is 6.07 Å². The van der Waals surface area contributed by atoms with Gasteiger partial charge in [0.05, 0.1) is 18.3 Å². The highest BCUT2D eigenvalue weighted by Crippen LogP contribution is 2.56. The Morgan fingerprint density at radius 1 is 1.11 bits per heavy atom. The van der Waals surface area contributed by atoms with Gasteiger partial charge in [0.25, 0.3) is 0 Å². The van der Waals surface area contributed by atoms with Gasteiger partial charge in [0.2, 0.25) is 10.0 Å². The fourth-order valence-corrected chi connectivity index (χ4v) is 6.53. The minimum Gasteiger partial charge on any atom is -0.505 e. The Morgan fingerprint density at radius 2 is 1.86 bits per heavy atom. The van der Waals surface area contributed by atoms with E-state index in [4.69, 9.17) is 4.74 Å². The molecule has 4 nitrogen and oxygen atoms in total. The summed E-state index contributed by atoms with van der Waals surface area (Å²) in [6.07, 6.45) is 17.3. The molecule has 156 valence electrons. The van der Waals surface area contributed by atoms with Gasteiger partial charge in [0.1, 0.15) is 0 Å². The molecular formula is C23H35NO3S. The van der Waals surface area contributed by atoms with E-state index in [2.05, 4.69) is 10.8 Å². The van der Waals surface area contributed by atoms with Crippen LogP contribution in [-0.2, 0) is 14.8 Å². The number of rotatable bonds is 12. The molecule has 1 aromatic carbocycles. The lowest BCUT2D eigenvalue weighted by Gasteiger charge is -2.30. The minimum absolute atomic E-state index is 0.117. The maximum Gasteiger partial charge on any atom is 0.240 e. The van der Waals surface area contributed by atoms with Gasteiger partial charge in [0.15, 0.2) is 0 Å². The fourth-order valence-electron chi connectivity index (χ4n) is 5.20. The molecule has 2 bridgehead atoms. The van der Waals surface area contributed by atoms with Gasteiger partial charge in [-0.1, -0.05) is 43.9 Å². The van der Waals surface area contributed by atoms with Crippen LogP contribution in [0.4, 0.5) is 0 Å².